The summed E-state index contributed by atoms with van der Waals surface area (Å²) in [6, 6.07) is 0. The molecule has 1 saturated carbocycles. The Morgan fingerprint density at radius 2 is 2.00 bits per heavy atom. The summed E-state index contributed by atoms with van der Waals surface area (Å²) in [5, 5.41) is 0. The molecule has 0 radical (unpaired) electrons. The van der Waals surface area contributed by atoms with Crippen molar-refractivity contribution in [2.45, 2.75) is 44.1 Å². The lowest BCUT2D eigenvalue weighted by molar-refractivity contribution is -0.227. The van der Waals surface area contributed by atoms with E-state index in [1.807, 2.05) is 6.92 Å². The predicted molar refractivity (Wildman–Crippen MR) is 56.8 cm³/mol. The molecule has 0 aromatic carbocycles. The molecule has 0 aromatic heterocycles. The number of amides is 1. The molecule has 96 valence electrons. The van der Waals surface area contributed by atoms with Crippen LogP contribution in [0, 0.1) is 5.41 Å². The highest BCUT2D eigenvalue weighted by atomic mass is 19.3. The van der Waals surface area contributed by atoms with E-state index < -0.39 is 11.3 Å². The van der Waals surface area contributed by atoms with Crippen LogP contribution in [0.15, 0.2) is 0 Å². The van der Waals surface area contributed by atoms with Gasteiger partial charge in [0.15, 0.2) is 0 Å². The average Bonchev–Trinajstić information content (AvgIpc) is 2.09. The number of hydrogen-bond acceptors (Lipinski definition) is 2. The monoisotopic (exact) mass is 245 g/mol. The highest BCUT2D eigenvalue weighted by Gasteiger charge is 2.64. The van der Waals surface area contributed by atoms with Gasteiger partial charge in [-0.05, 0) is 12.8 Å². The van der Waals surface area contributed by atoms with Gasteiger partial charge in [-0.15, -0.1) is 0 Å². The van der Waals surface area contributed by atoms with E-state index in [1.54, 1.807) is 4.90 Å². The van der Waals surface area contributed by atoms with Gasteiger partial charge in [-0.2, -0.15) is 0 Å². The van der Waals surface area contributed by atoms with Crippen molar-refractivity contribution in [2.24, 2.45) is 5.41 Å². The minimum atomic E-state index is -2.64. The number of alkyl halides is 2. The highest BCUT2D eigenvalue weighted by molar-refractivity contribution is 5.85. The number of carbonyl (C=O) groups is 1. The maximum Gasteiger partial charge on any atom is 0.250 e. The Labute approximate surface area is 99.1 Å². The molecule has 2 saturated heterocycles. The maximum absolute atomic E-state index is 13.1. The largest absolute Gasteiger partial charge is 0.376 e. The van der Waals surface area contributed by atoms with Crippen LogP contribution >= 0.6 is 0 Å². The number of nitrogens with zero attached hydrogens (tertiary/aromatic N) is 1. The van der Waals surface area contributed by atoms with Crippen LogP contribution in [0.25, 0.3) is 0 Å². The van der Waals surface area contributed by atoms with Crippen molar-refractivity contribution >= 4 is 5.91 Å². The van der Waals surface area contributed by atoms with Gasteiger partial charge in [0.1, 0.15) is 0 Å². The minimum absolute atomic E-state index is 0.0690. The number of hydrogen-bond donors (Lipinski definition) is 0. The van der Waals surface area contributed by atoms with Crippen molar-refractivity contribution in [1.29, 1.82) is 0 Å². The Morgan fingerprint density at radius 3 is 2.29 bits per heavy atom. The second-order valence-corrected chi connectivity index (χ2v) is 5.77. The minimum Gasteiger partial charge on any atom is -0.376 e. The van der Waals surface area contributed by atoms with Crippen LogP contribution in [-0.2, 0) is 9.53 Å². The molecular weight excluding hydrogens is 228 g/mol. The third-order valence-electron chi connectivity index (χ3n) is 4.68. The topological polar surface area (TPSA) is 29.5 Å². The van der Waals surface area contributed by atoms with E-state index in [-0.39, 0.29) is 24.3 Å². The first-order chi connectivity index (χ1) is 7.93. The Hall–Kier alpha value is -0.710. The van der Waals surface area contributed by atoms with Crippen molar-refractivity contribution < 1.29 is 18.3 Å². The zero-order chi connectivity index (χ0) is 12.3. The summed E-state index contributed by atoms with van der Waals surface area (Å²) in [7, 11) is 0. The van der Waals surface area contributed by atoms with Gasteiger partial charge < -0.3 is 9.64 Å². The average molecular weight is 245 g/mol. The smallest absolute Gasteiger partial charge is 0.250 e. The Kier molecular flexibility index (Phi) is 2.14. The molecule has 17 heavy (non-hydrogen) atoms. The third-order valence-corrected chi connectivity index (χ3v) is 4.68. The Bertz CT molecular complexity index is 352. The van der Waals surface area contributed by atoms with Crippen molar-refractivity contribution in [3.63, 3.8) is 0 Å². The molecular formula is C12H17F2NO2. The second kappa shape index (κ2) is 3.19. The third kappa shape index (κ3) is 1.38. The lowest BCUT2D eigenvalue weighted by Crippen LogP contribution is -2.75. The first kappa shape index (κ1) is 11.4. The van der Waals surface area contributed by atoms with Gasteiger partial charge in [-0.1, -0.05) is 6.92 Å². The van der Waals surface area contributed by atoms with Gasteiger partial charge in [0.2, 0.25) is 11.8 Å². The van der Waals surface area contributed by atoms with Crippen molar-refractivity contribution in [2.75, 3.05) is 19.8 Å². The van der Waals surface area contributed by atoms with Crippen molar-refractivity contribution in [3.05, 3.63) is 0 Å². The summed E-state index contributed by atoms with van der Waals surface area (Å²) in [6.07, 6.45) is 0.912. The van der Waals surface area contributed by atoms with Crippen molar-refractivity contribution in [3.8, 4) is 0 Å². The van der Waals surface area contributed by atoms with Crippen molar-refractivity contribution in [1.82, 2.24) is 4.90 Å². The molecule has 1 aliphatic carbocycles. The van der Waals surface area contributed by atoms with E-state index in [2.05, 4.69) is 0 Å². The zero-order valence-corrected chi connectivity index (χ0v) is 9.97. The second-order valence-electron chi connectivity index (χ2n) is 5.77. The fraction of sp³-hybridized carbons (Fsp3) is 0.917. The molecule has 1 spiro atoms. The zero-order valence-electron chi connectivity index (χ0n) is 9.97. The summed E-state index contributed by atoms with van der Waals surface area (Å²) in [4.78, 5) is 14.2. The molecule has 0 N–H and O–H groups in total. The van der Waals surface area contributed by atoms with Crippen LogP contribution in [0.3, 0.4) is 0 Å². The molecule has 3 aliphatic rings. The molecule has 1 amide bonds. The molecule has 3 nitrogen and oxygen atoms in total. The van der Waals surface area contributed by atoms with Gasteiger partial charge in [0.25, 0.3) is 0 Å². The first-order valence-electron chi connectivity index (χ1n) is 6.21. The van der Waals surface area contributed by atoms with E-state index >= 15 is 0 Å². The van der Waals surface area contributed by atoms with Gasteiger partial charge in [-0.3, -0.25) is 4.79 Å². The first-order valence-corrected chi connectivity index (χ1v) is 6.21. The van der Waals surface area contributed by atoms with E-state index in [0.29, 0.717) is 26.2 Å². The predicted octanol–water partition coefficient (Wildman–Crippen LogP) is 1.81. The normalized spacial score (nSPS) is 31.4. The lowest BCUT2D eigenvalue weighted by atomic mass is 9.62. The van der Waals surface area contributed by atoms with E-state index in [0.717, 1.165) is 6.42 Å². The number of carbonyl (C=O) groups excluding carboxylic acids is 1. The summed E-state index contributed by atoms with van der Waals surface area (Å²) in [6.45, 7) is 3.69. The standard InChI is InChI=1S/C12H17F2NO2/c1-2-10(5-12(13,14)6-10)9(16)15-4-3-11(15)7-17-8-11/h2-8H2,1H3. The number of rotatable bonds is 2. The fourth-order valence-corrected chi connectivity index (χ4v) is 3.27. The molecule has 0 bridgehead atoms. The molecule has 2 aliphatic heterocycles. The SMILES string of the molecule is CCC1(C(=O)N2CCC23COC3)CC(F)(F)C1. The number of halogens is 2. The van der Waals surface area contributed by atoms with Crippen LogP contribution in [-0.4, -0.2) is 42.0 Å². The molecule has 3 rings (SSSR count). The van der Waals surface area contributed by atoms with Crippen LogP contribution in [0.5, 0.6) is 0 Å². The summed E-state index contributed by atoms with van der Waals surface area (Å²) in [5.41, 5.74) is -0.934. The van der Waals surface area contributed by atoms with Gasteiger partial charge >= 0.3 is 0 Å². The van der Waals surface area contributed by atoms with E-state index in [1.165, 1.54) is 0 Å². The number of likely N-dealkylation sites (tertiary alicyclic amines) is 1. The Balaban J connectivity index is 1.74. The molecule has 3 fully saturated rings. The highest BCUT2D eigenvalue weighted by Crippen LogP contribution is 2.56. The molecule has 2 heterocycles. The summed E-state index contributed by atoms with van der Waals surface area (Å²) >= 11 is 0. The molecule has 0 atom stereocenters. The quantitative estimate of drug-likeness (QED) is 0.742. The van der Waals surface area contributed by atoms with Crippen LogP contribution in [0.1, 0.15) is 32.6 Å². The maximum atomic E-state index is 13.1. The molecule has 5 heteroatoms. The number of ether oxygens (including phenoxy) is 1. The van der Waals surface area contributed by atoms with E-state index in [9.17, 15) is 13.6 Å². The summed E-state index contributed by atoms with van der Waals surface area (Å²) in [5.74, 6) is -2.71. The van der Waals surface area contributed by atoms with Crippen LogP contribution < -0.4 is 0 Å². The van der Waals surface area contributed by atoms with Crippen LogP contribution in [0.4, 0.5) is 8.78 Å². The van der Waals surface area contributed by atoms with Crippen LogP contribution in [0.2, 0.25) is 0 Å². The molecule has 0 unspecified atom stereocenters. The summed E-state index contributed by atoms with van der Waals surface area (Å²) < 4.78 is 31.3. The van der Waals surface area contributed by atoms with E-state index in [4.69, 9.17) is 4.74 Å². The molecule has 0 aromatic rings. The lowest BCUT2D eigenvalue weighted by Gasteiger charge is -2.61. The van der Waals surface area contributed by atoms with Gasteiger partial charge in [0, 0.05) is 19.4 Å². The Morgan fingerprint density at radius 1 is 1.35 bits per heavy atom. The fourth-order valence-electron chi connectivity index (χ4n) is 3.27. The van der Waals surface area contributed by atoms with Gasteiger partial charge in [0.05, 0.1) is 24.2 Å². The van der Waals surface area contributed by atoms with Gasteiger partial charge in [-0.25, -0.2) is 8.78 Å².